The molecule has 0 saturated heterocycles. The van der Waals surface area contributed by atoms with Crippen LogP contribution in [-0.2, 0) is 13.0 Å². The smallest absolute Gasteiger partial charge is 0.151 e. The van der Waals surface area contributed by atoms with E-state index in [1.807, 2.05) is 12.1 Å². The molecule has 5 heteroatoms. The normalized spacial score (nSPS) is 12.6. The molecule has 2 N–H and O–H groups in total. The maximum Gasteiger partial charge on any atom is 0.151 e. The summed E-state index contributed by atoms with van der Waals surface area (Å²) >= 11 is 9.69. The fraction of sp³-hybridized carbons (Fsp3) is 0.438. The average Bonchev–Trinajstić information content (AvgIpc) is 2.83. The molecule has 114 valence electrons. The first-order valence-corrected chi connectivity index (χ1v) is 8.49. The van der Waals surface area contributed by atoms with Gasteiger partial charge in [-0.1, -0.05) is 53.0 Å². The summed E-state index contributed by atoms with van der Waals surface area (Å²) in [5, 5.41) is 4.05. The second kappa shape index (κ2) is 7.97. The van der Waals surface area contributed by atoms with Gasteiger partial charge in [0.1, 0.15) is 5.82 Å². The lowest BCUT2D eigenvalue weighted by molar-refractivity contribution is 0.568. The average molecular weight is 371 g/mol. The number of halogens is 2. The van der Waals surface area contributed by atoms with Gasteiger partial charge in [0.25, 0.3) is 0 Å². The second-order valence-electron chi connectivity index (χ2n) is 5.21. The van der Waals surface area contributed by atoms with E-state index >= 15 is 0 Å². The van der Waals surface area contributed by atoms with Gasteiger partial charge in [-0.15, -0.1) is 0 Å². The molecule has 1 aromatic heterocycles. The number of hydrogen-bond acceptors (Lipinski definition) is 2. The minimum Gasteiger partial charge on any atom is -0.344 e. The molecule has 1 aromatic carbocycles. The van der Waals surface area contributed by atoms with E-state index in [1.54, 1.807) is 0 Å². The summed E-state index contributed by atoms with van der Waals surface area (Å²) in [5.74, 6) is 0.980. The Morgan fingerprint density at radius 2 is 2.24 bits per heavy atom. The summed E-state index contributed by atoms with van der Waals surface area (Å²) in [5.41, 5.74) is 2.20. The van der Waals surface area contributed by atoms with Crippen molar-refractivity contribution in [3.8, 4) is 0 Å². The number of hydrogen-bond donors (Lipinski definition) is 2. The number of nitrogens with zero attached hydrogens (tertiary/aromatic N) is 1. The van der Waals surface area contributed by atoms with Crippen LogP contribution < -0.4 is 5.32 Å². The van der Waals surface area contributed by atoms with Crippen molar-refractivity contribution in [1.82, 2.24) is 15.3 Å². The number of nitrogens with one attached hydrogen (secondary N) is 2. The standard InChI is InChI=1S/C16H21BrClN3/c1-3-4-8-15-20-14(16(18)21-15)10-19-11(2)12-6-5-7-13(17)9-12/h5-7,9,11,19H,3-4,8,10H2,1-2H3,(H,20,21). The number of rotatable bonds is 7. The molecule has 0 aliphatic heterocycles. The molecule has 3 nitrogen and oxygen atoms in total. The Kier molecular flexibility index (Phi) is 6.27. The van der Waals surface area contributed by atoms with Gasteiger partial charge in [-0.25, -0.2) is 4.98 Å². The molecular weight excluding hydrogens is 350 g/mol. The van der Waals surface area contributed by atoms with Crippen LogP contribution in [0.1, 0.15) is 49.8 Å². The molecule has 2 rings (SSSR count). The summed E-state index contributed by atoms with van der Waals surface area (Å²) in [6.45, 7) is 5.00. The zero-order valence-corrected chi connectivity index (χ0v) is 14.8. The van der Waals surface area contributed by atoms with Gasteiger partial charge in [0.2, 0.25) is 0 Å². The molecule has 0 radical (unpaired) electrons. The highest BCUT2D eigenvalue weighted by atomic mass is 79.9. The number of aromatic amines is 1. The highest BCUT2D eigenvalue weighted by Gasteiger charge is 2.10. The van der Waals surface area contributed by atoms with Gasteiger partial charge >= 0.3 is 0 Å². The van der Waals surface area contributed by atoms with Gasteiger partial charge in [-0.05, 0) is 31.0 Å². The Morgan fingerprint density at radius 1 is 1.43 bits per heavy atom. The molecule has 1 atom stereocenters. The predicted octanol–water partition coefficient (Wildman–Crippen LogP) is 5.02. The summed E-state index contributed by atoms with van der Waals surface area (Å²) < 4.78 is 1.09. The van der Waals surface area contributed by atoms with E-state index in [-0.39, 0.29) is 6.04 Å². The summed E-state index contributed by atoms with van der Waals surface area (Å²) in [6.07, 6.45) is 3.24. The highest BCUT2D eigenvalue weighted by molar-refractivity contribution is 9.10. The second-order valence-corrected chi connectivity index (χ2v) is 6.49. The molecule has 0 amide bonds. The fourth-order valence-corrected chi connectivity index (χ4v) is 2.80. The topological polar surface area (TPSA) is 40.7 Å². The van der Waals surface area contributed by atoms with E-state index < -0.39 is 0 Å². The monoisotopic (exact) mass is 369 g/mol. The first-order valence-electron chi connectivity index (χ1n) is 7.32. The van der Waals surface area contributed by atoms with E-state index in [0.29, 0.717) is 11.7 Å². The molecule has 21 heavy (non-hydrogen) atoms. The van der Waals surface area contributed by atoms with Crippen LogP contribution in [0.25, 0.3) is 0 Å². The lowest BCUT2D eigenvalue weighted by atomic mass is 10.1. The third kappa shape index (κ3) is 4.83. The molecular formula is C16H21BrClN3. The fourth-order valence-electron chi connectivity index (χ4n) is 2.17. The maximum absolute atomic E-state index is 6.19. The first kappa shape index (κ1) is 16.5. The molecule has 0 aliphatic carbocycles. The van der Waals surface area contributed by atoms with Crippen molar-refractivity contribution in [2.24, 2.45) is 0 Å². The van der Waals surface area contributed by atoms with Gasteiger partial charge in [-0.3, -0.25) is 0 Å². The van der Waals surface area contributed by atoms with Crippen molar-refractivity contribution in [1.29, 1.82) is 0 Å². The molecule has 0 saturated carbocycles. The third-order valence-corrected chi connectivity index (χ3v) is 4.28. The Hall–Kier alpha value is -0.840. The van der Waals surface area contributed by atoms with Crippen LogP contribution >= 0.6 is 27.5 Å². The number of unbranched alkanes of at least 4 members (excludes halogenated alkanes) is 1. The minimum atomic E-state index is 0.251. The van der Waals surface area contributed by atoms with Crippen molar-refractivity contribution < 1.29 is 0 Å². The van der Waals surface area contributed by atoms with Crippen molar-refractivity contribution in [3.63, 3.8) is 0 Å². The lowest BCUT2D eigenvalue weighted by Crippen LogP contribution is -2.18. The van der Waals surface area contributed by atoms with Crippen molar-refractivity contribution in [2.45, 2.75) is 45.7 Å². The molecule has 1 unspecified atom stereocenters. The summed E-state index contributed by atoms with van der Waals surface area (Å²) in [7, 11) is 0. The highest BCUT2D eigenvalue weighted by Crippen LogP contribution is 2.19. The number of aromatic nitrogens is 2. The third-order valence-electron chi connectivity index (χ3n) is 3.48. The quantitative estimate of drug-likeness (QED) is 0.718. The number of aryl methyl sites for hydroxylation is 1. The Labute approximate surface area is 139 Å². The van der Waals surface area contributed by atoms with E-state index in [9.17, 15) is 0 Å². The van der Waals surface area contributed by atoms with Gasteiger partial charge in [-0.2, -0.15) is 0 Å². The van der Waals surface area contributed by atoms with Crippen LogP contribution in [0, 0.1) is 0 Å². The van der Waals surface area contributed by atoms with E-state index in [4.69, 9.17) is 11.6 Å². The van der Waals surface area contributed by atoms with Gasteiger partial charge in [0.15, 0.2) is 5.15 Å². The molecule has 0 aliphatic rings. The molecule has 2 aromatic rings. The van der Waals surface area contributed by atoms with Gasteiger partial charge in [0, 0.05) is 23.5 Å². The van der Waals surface area contributed by atoms with Crippen LogP contribution in [0.2, 0.25) is 5.15 Å². The van der Waals surface area contributed by atoms with Crippen molar-refractivity contribution in [2.75, 3.05) is 0 Å². The van der Waals surface area contributed by atoms with Crippen LogP contribution in [0.5, 0.6) is 0 Å². The molecule has 0 spiro atoms. The van der Waals surface area contributed by atoms with E-state index in [2.05, 4.69) is 57.2 Å². The number of benzene rings is 1. The molecule has 1 heterocycles. The zero-order valence-electron chi connectivity index (χ0n) is 12.4. The predicted molar refractivity (Wildman–Crippen MR) is 91.6 cm³/mol. The Bertz CT molecular complexity index is 583. The maximum atomic E-state index is 6.19. The van der Waals surface area contributed by atoms with E-state index in [1.165, 1.54) is 5.56 Å². The van der Waals surface area contributed by atoms with Gasteiger partial charge in [0.05, 0.1) is 5.69 Å². The molecule has 0 fully saturated rings. The first-order chi connectivity index (χ1) is 10.1. The Morgan fingerprint density at radius 3 is 2.95 bits per heavy atom. The summed E-state index contributed by atoms with van der Waals surface area (Å²) in [4.78, 5) is 7.69. The van der Waals surface area contributed by atoms with Crippen LogP contribution in [-0.4, -0.2) is 9.97 Å². The number of imidazole rings is 1. The Balaban J connectivity index is 1.94. The van der Waals surface area contributed by atoms with Crippen LogP contribution in [0.3, 0.4) is 0 Å². The SMILES string of the molecule is CCCCc1nc(Cl)c(CNC(C)c2cccc(Br)c2)[nH]1. The van der Waals surface area contributed by atoms with Crippen molar-refractivity contribution in [3.05, 3.63) is 51.0 Å². The van der Waals surface area contributed by atoms with Gasteiger partial charge < -0.3 is 10.3 Å². The lowest BCUT2D eigenvalue weighted by Gasteiger charge is -2.14. The van der Waals surface area contributed by atoms with Crippen LogP contribution in [0.15, 0.2) is 28.7 Å². The zero-order chi connectivity index (χ0) is 15.2. The summed E-state index contributed by atoms with van der Waals surface area (Å²) in [6, 6.07) is 8.56. The van der Waals surface area contributed by atoms with E-state index in [0.717, 1.165) is 35.3 Å². The minimum absolute atomic E-state index is 0.251. The molecule has 0 bridgehead atoms. The largest absolute Gasteiger partial charge is 0.344 e. The number of H-pyrrole nitrogens is 1. The van der Waals surface area contributed by atoms with Crippen LogP contribution in [0.4, 0.5) is 0 Å². The van der Waals surface area contributed by atoms with Crippen molar-refractivity contribution >= 4 is 27.5 Å².